The van der Waals surface area contributed by atoms with Gasteiger partial charge in [0.05, 0.1) is 0 Å². The molecule has 7 heteroatoms. The standard InChI is InChI=1S/C18H20BrN5O/c1-12-13(2)22-18-20-11-21-24(18)17(12)23-8-6-15(7-9-23)25-16-5-3-4-14(19)10-16/h3-5,10-11,15H,6-9H2,1-2H3. The lowest BCUT2D eigenvalue weighted by atomic mass is 10.1. The van der Waals surface area contributed by atoms with Crippen molar-refractivity contribution < 1.29 is 4.74 Å². The molecule has 0 saturated carbocycles. The van der Waals surface area contributed by atoms with E-state index in [2.05, 4.69) is 42.8 Å². The van der Waals surface area contributed by atoms with Crippen molar-refractivity contribution >= 4 is 27.5 Å². The van der Waals surface area contributed by atoms with E-state index in [0.717, 1.165) is 53.2 Å². The van der Waals surface area contributed by atoms with Crippen molar-refractivity contribution in [3.8, 4) is 5.75 Å². The van der Waals surface area contributed by atoms with Crippen LogP contribution in [0.4, 0.5) is 5.82 Å². The van der Waals surface area contributed by atoms with E-state index < -0.39 is 0 Å². The number of hydrogen-bond donors (Lipinski definition) is 0. The maximum absolute atomic E-state index is 6.14. The summed E-state index contributed by atoms with van der Waals surface area (Å²) in [5, 5.41) is 4.36. The smallest absolute Gasteiger partial charge is 0.254 e. The summed E-state index contributed by atoms with van der Waals surface area (Å²) < 4.78 is 9.03. The molecule has 0 radical (unpaired) electrons. The fraction of sp³-hybridized carbons (Fsp3) is 0.389. The lowest BCUT2D eigenvalue weighted by Crippen LogP contribution is -2.39. The van der Waals surface area contributed by atoms with E-state index in [0.29, 0.717) is 5.78 Å². The van der Waals surface area contributed by atoms with Crippen LogP contribution in [-0.4, -0.2) is 38.8 Å². The molecule has 1 saturated heterocycles. The molecule has 0 amide bonds. The highest BCUT2D eigenvalue weighted by Gasteiger charge is 2.25. The summed E-state index contributed by atoms with van der Waals surface area (Å²) in [5.74, 6) is 2.67. The number of halogens is 1. The fourth-order valence-electron chi connectivity index (χ4n) is 3.30. The van der Waals surface area contributed by atoms with Crippen molar-refractivity contribution in [3.63, 3.8) is 0 Å². The zero-order valence-corrected chi connectivity index (χ0v) is 15.9. The Hall–Kier alpha value is -2.15. The number of nitrogens with zero attached hydrogens (tertiary/aromatic N) is 5. The SMILES string of the molecule is Cc1nc2ncnn2c(N2CCC(Oc3cccc(Br)c3)CC2)c1C. The van der Waals surface area contributed by atoms with Gasteiger partial charge >= 0.3 is 0 Å². The summed E-state index contributed by atoms with van der Waals surface area (Å²) in [5.41, 5.74) is 2.16. The van der Waals surface area contributed by atoms with Crippen molar-refractivity contribution in [1.82, 2.24) is 19.6 Å². The van der Waals surface area contributed by atoms with E-state index in [4.69, 9.17) is 4.74 Å². The van der Waals surface area contributed by atoms with Gasteiger partial charge in [0.1, 0.15) is 24.0 Å². The Labute approximate surface area is 155 Å². The van der Waals surface area contributed by atoms with Crippen molar-refractivity contribution in [2.45, 2.75) is 32.8 Å². The quantitative estimate of drug-likeness (QED) is 0.671. The molecule has 1 aliphatic rings. The third-order valence-electron chi connectivity index (χ3n) is 4.72. The summed E-state index contributed by atoms with van der Waals surface area (Å²) >= 11 is 3.49. The molecular weight excluding hydrogens is 382 g/mol. The largest absolute Gasteiger partial charge is 0.490 e. The zero-order chi connectivity index (χ0) is 17.4. The van der Waals surface area contributed by atoms with Gasteiger partial charge in [-0.3, -0.25) is 0 Å². The molecule has 0 aliphatic carbocycles. The van der Waals surface area contributed by atoms with Gasteiger partial charge < -0.3 is 9.64 Å². The van der Waals surface area contributed by atoms with Gasteiger partial charge in [-0.15, -0.1) is 0 Å². The Morgan fingerprint density at radius 2 is 2.00 bits per heavy atom. The van der Waals surface area contributed by atoms with E-state index in [1.165, 1.54) is 0 Å². The van der Waals surface area contributed by atoms with Crippen molar-refractivity contribution in [1.29, 1.82) is 0 Å². The minimum absolute atomic E-state index is 0.236. The van der Waals surface area contributed by atoms with Crippen molar-refractivity contribution in [2.75, 3.05) is 18.0 Å². The van der Waals surface area contributed by atoms with Gasteiger partial charge in [0.2, 0.25) is 0 Å². The maximum Gasteiger partial charge on any atom is 0.254 e. The van der Waals surface area contributed by atoms with Crippen LogP contribution in [-0.2, 0) is 0 Å². The fourth-order valence-corrected chi connectivity index (χ4v) is 3.68. The molecule has 2 aromatic heterocycles. The number of benzene rings is 1. The third-order valence-corrected chi connectivity index (χ3v) is 5.21. The first-order valence-electron chi connectivity index (χ1n) is 8.46. The molecule has 1 aromatic carbocycles. The first kappa shape index (κ1) is 16.3. The van der Waals surface area contributed by atoms with Crippen LogP contribution in [0.3, 0.4) is 0 Å². The van der Waals surface area contributed by atoms with Gasteiger partial charge in [-0.25, -0.2) is 4.98 Å². The van der Waals surface area contributed by atoms with Crippen LogP contribution >= 0.6 is 15.9 Å². The Kier molecular flexibility index (Phi) is 4.33. The molecule has 3 aromatic rings. The van der Waals surface area contributed by atoms with E-state index in [9.17, 15) is 0 Å². The summed E-state index contributed by atoms with van der Waals surface area (Å²) in [6.45, 7) is 5.98. The van der Waals surface area contributed by atoms with Crippen LogP contribution in [0.1, 0.15) is 24.1 Å². The lowest BCUT2D eigenvalue weighted by molar-refractivity contribution is 0.170. The summed E-state index contributed by atoms with van der Waals surface area (Å²) in [6, 6.07) is 8.03. The minimum Gasteiger partial charge on any atom is -0.490 e. The average molecular weight is 402 g/mol. The van der Waals surface area contributed by atoms with E-state index in [1.54, 1.807) is 6.33 Å². The highest BCUT2D eigenvalue weighted by atomic mass is 79.9. The van der Waals surface area contributed by atoms with Crippen molar-refractivity contribution in [3.05, 3.63) is 46.3 Å². The molecule has 4 rings (SSSR count). The molecule has 0 spiro atoms. The first-order chi connectivity index (χ1) is 12.1. The molecule has 25 heavy (non-hydrogen) atoms. The number of piperidine rings is 1. The Morgan fingerprint density at radius 3 is 2.76 bits per heavy atom. The topological polar surface area (TPSA) is 55.5 Å². The summed E-state index contributed by atoms with van der Waals surface area (Å²) in [4.78, 5) is 11.1. The van der Waals surface area contributed by atoms with Crippen LogP contribution in [0.5, 0.6) is 5.75 Å². The van der Waals surface area contributed by atoms with E-state index >= 15 is 0 Å². The minimum atomic E-state index is 0.236. The van der Waals surface area contributed by atoms with Gasteiger partial charge in [-0.1, -0.05) is 22.0 Å². The van der Waals surface area contributed by atoms with Crippen LogP contribution in [0.2, 0.25) is 0 Å². The average Bonchev–Trinajstić information content (AvgIpc) is 3.05. The Bertz CT molecular complexity index is 902. The van der Waals surface area contributed by atoms with Crippen LogP contribution in [0, 0.1) is 13.8 Å². The zero-order valence-electron chi connectivity index (χ0n) is 14.3. The van der Waals surface area contributed by atoms with Gasteiger partial charge in [-0.05, 0) is 32.0 Å². The molecular formula is C18H20BrN5O. The third kappa shape index (κ3) is 3.20. The number of aromatic nitrogens is 4. The summed E-state index contributed by atoms with van der Waals surface area (Å²) in [7, 11) is 0. The second-order valence-corrected chi connectivity index (χ2v) is 7.29. The molecule has 1 aliphatic heterocycles. The monoisotopic (exact) mass is 401 g/mol. The molecule has 0 N–H and O–H groups in total. The lowest BCUT2D eigenvalue weighted by Gasteiger charge is -2.34. The van der Waals surface area contributed by atoms with E-state index in [1.807, 2.05) is 35.7 Å². The van der Waals surface area contributed by atoms with Crippen molar-refractivity contribution in [2.24, 2.45) is 0 Å². The number of rotatable bonds is 3. The number of fused-ring (bicyclic) bond motifs is 1. The second-order valence-electron chi connectivity index (χ2n) is 6.38. The Morgan fingerprint density at radius 1 is 1.20 bits per heavy atom. The first-order valence-corrected chi connectivity index (χ1v) is 9.25. The molecule has 1 fully saturated rings. The predicted molar refractivity (Wildman–Crippen MR) is 100 cm³/mol. The maximum atomic E-state index is 6.14. The molecule has 130 valence electrons. The molecule has 6 nitrogen and oxygen atoms in total. The highest BCUT2D eigenvalue weighted by molar-refractivity contribution is 9.10. The van der Waals surface area contributed by atoms with Crippen LogP contribution < -0.4 is 9.64 Å². The molecule has 0 unspecified atom stereocenters. The number of anilines is 1. The summed E-state index contributed by atoms with van der Waals surface area (Å²) in [6.07, 6.45) is 3.75. The normalized spacial score (nSPS) is 15.7. The van der Waals surface area contributed by atoms with Gasteiger partial charge in [-0.2, -0.15) is 14.6 Å². The molecule has 3 heterocycles. The predicted octanol–water partition coefficient (Wildman–Crippen LogP) is 3.55. The number of hydrogen-bond acceptors (Lipinski definition) is 5. The Balaban J connectivity index is 1.51. The van der Waals surface area contributed by atoms with Gasteiger partial charge in [0.15, 0.2) is 0 Å². The van der Waals surface area contributed by atoms with Crippen LogP contribution in [0.25, 0.3) is 5.78 Å². The highest BCUT2D eigenvalue weighted by Crippen LogP contribution is 2.27. The number of ether oxygens (including phenoxy) is 1. The van der Waals surface area contributed by atoms with Gasteiger partial charge in [0.25, 0.3) is 5.78 Å². The molecule has 0 bridgehead atoms. The molecule has 0 atom stereocenters. The second kappa shape index (κ2) is 6.63. The van der Waals surface area contributed by atoms with Gasteiger partial charge in [0, 0.05) is 41.7 Å². The van der Waals surface area contributed by atoms with Crippen LogP contribution in [0.15, 0.2) is 35.1 Å². The number of aryl methyl sites for hydroxylation is 1. The van der Waals surface area contributed by atoms with E-state index in [-0.39, 0.29) is 6.10 Å².